The number of hydrogen-bond acceptors (Lipinski definition) is 2. The van der Waals surface area contributed by atoms with Crippen molar-refractivity contribution in [1.82, 2.24) is 9.88 Å². The third-order valence-electron chi connectivity index (χ3n) is 6.56. The first kappa shape index (κ1) is 24.1. The van der Waals surface area contributed by atoms with E-state index in [1.165, 1.54) is 17.7 Å². The van der Waals surface area contributed by atoms with Crippen LogP contribution in [0.4, 0.5) is 8.78 Å². The van der Waals surface area contributed by atoms with Gasteiger partial charge in [0.25, 0.3) is 5.56 Å². The molecule has 1 fully saturated rings. The van der Waals surface area contributed by atoms with E-state index in [1.54, 1.807) is 13.0 Å². The molecule has 1 N–H and O–H groups in total. The molecule has 1 aliphatic rings. The van der Waals surface area contributed by atoms with Crippen LogP contribution in [0, 0.1) is 24.5 Å². The lowest BCUT2D eigenvalue weighted by Crippen LogP contribution is -2.20. The second kappa shape index (κ2) is 9.67. The fraction of sp³-hybridized carbons (Fsp3) is 0.345. The molecule has 0 radical (unpaired) electrons. The van der Waals surface area contributed by atoms with E-state index in [-0.39, 0.29) is 16.9 Å². The van der Waals surface area contributed by atoms with Crippen LogP contribution in [0.3, 0.4) is 0 Å². The number of aromatic nitrogens is 1. The monoisotopic (exact) mass is 462 g/mol. The van der Waals surface area contributed by atoms with E-state index in [9.17, 15) is 13.6 Å². The lowest BCUT2D eigenvalue weighted by atomic mass is 9.85. The van der Waals surface area contributed by atoms with Crippen molar-refractivity contribution in [2.45, 2.75) is 46.1 Å². The van der Waals surface area contributed by atoms with Crippen molar-refractivity contribution >= 4 is 5.57 Å². The Labute approximate surface area is 200 Å². The van der Waals surface area contributed by atoms with Crippen molar-refractivity contribution in [2.24, 2.45) is 5.92 Å². The standard InChI is InChI=1S/C29H32F2N2O/c1-19-5-12-27(32-28(19)34)24(22-7-9-23(10-8-22)29(2,3)4)15-21-13-14-33(18-21)17-20-6-11-25(30)26(31)16-20/h5-12,15-16,21H,13-14,17-18H2,1-4H3,(H,32,34)/b24-15+/t21-/m1/s1. The van der Waals surface area contributed by atoms with Crippen molar-refractivity contribution in [3.63, 3.8) is 0 Å². The fourth-order valence-electron chi connectivity index (χ4n) is 4.47. The highest BCUT2D eigenvalue weighted by Gasteiger charge is 2.23. The van der Waals surface area contributed by atoms with Crippen LogP contribution in [-0.2, 0) is 12.0 Å². The molecule has 0 unspecified atom stereocenters. The number of nitrogens with one attached hydrogen (secondary N) is 1. The highest BCUT2D eigenvalue weighted by molar-refractivity contribution is 5.78. The number of H-pyrrole nitrogens is 1. The Morgan fingerprint density at radius 1 is 1.06 bits per heavy atom. The molecule has 0 aliphatic carbocycles. The van der Waals surface area contributed by atoms with Crippen LogP contribution < -0.4 is 5.56 Å². The van der Waals surface area contributed by atoms with Crippen LogP contribution in [-0.4, -0.2) is 23.0 Å². The van der Waals surface area contributed by atoms with Crippen LogP contribution in [0.5, 0.6) is 0 Å². The molecule has 0 spiro atoms. The van der Waals surface area contributed by atoms with Gasteiger partial charge in [0.15, 0.2) is 11.6 Å². The Morgan fingerprint density at radius 3 is 2.44 bits per heavy atom. The molecule has 3 aromatic rings. The largest absolute Gasteiger partial charge is 0.322 e. The highest BCUT2D eigenvalue weighted by atomic mass is 19.2. The van der Waals surface area contributed by atoms with Gasteiger partial charge in [0.1, 0.15) is 0 Å². The molecule has 4 rings (SSSR count). The maximum Gasteiger partial charge on any atom is 0.251 e. The molecule has 2 aromatic carbocycles. The fourth-order valence-corrected chi connectivity index (χ4v) is 4.47. The summed E-state index contributed by atoms with van der Waals surface area (Å²) in [6.07, 6.45) is 3.21. The molecular formula is C29H32F2N2O. The average molecular weight is 463 g/mol. The summed E-state index contributed by atoms with van der Waals surface area (Å²) in [6, 6.07) is 16.5. The summed E-state index contributed by atoms with van der Waals surface area (Å²) in [4.78, 5) is 17.7. The Hall–Kier alpha value is -3.05. The minimum absolute atomic E-state index is 0.0619. The Morgan fingerprint density at radius 2 is 1.79 bits per heavy atom. The molecule has 1 aliphatic heterocycles. The number of nitrogens with zero attached hydrogens (tertiary/aromatic N) is 1. The van der Waals surface area contributed by atoms with E-state index in [1.807, 2.05) is 12.1 Å². The van der Waals surface area contributed by atoms with E-state index in [0.29, 0.717) is 12.1 Å². The van der Waals surface area contributed by atoms with Gasteiger partial charge in [-0.1, -0.05) is 63.2 Å². The maximum atomic E-state index is 13.6. The van der Waals surface area contributed by atoms with Gasteiger partial charge in [-0.2, -0.15) is 0 Å². The second-order valence-electron chi connectivity index (χ2n) is 10.3. The topological polar surface area (TPSA) is 36.1 Å². The van der Waals surface area contributed by atoms with Crippen molar-refractivity contribution in [1.29, 1.82) is 0 Å². The molecule has 2 heterocycles. The van der Waals surface area contributed by atoms with E-state index in [4.69, 9.17) is 0 Å². The predicted octanol–water partition coefficient (Wildman–Crippen LogP) is 6.21. The minimum atomic E-state index is -0.819. The first-order chi connectivity index (χ1) is 16.1. The van der Waals surface area contributed by atoms with Crippen LogP contribution in [0.2, 0.25) is 0 Å². The normalized spacial score (nSPS) is 17.4. The molecule has 178 valence electrons. The van der Waals surface area contributed by atoms with Gasteiger partial charge in [-0.3, -0.25) is 9.69 Å². The van der Waals surface area contributed by atoms with Gasteiger partial charge < -0.3 is 4.98 Å². The van der Waals surface area contributed by atoms with Crippen LogP contribution in [0.1, 0.15) is 55.1 Å². The third kappa shape index (κ3) is 5.53. The molecule has 34 heavy (non-hydrogen) atoms. The number of rotatable bonds is 5. The lowest BCUT2D eigenvalue weighted by Gasteiger charge is -2.20. The summed E-state index contributed by atoms with van der Waals surface area (Å²) in [5.74, 6) is -1.34. The molecule has 0 bridgehead atoms. The van der Waals surface area contributed by atoms with Crippen molar-refractivity contribution in [3.05, 3.63) is 111 Å². The van der Waals surface area contributed by atoms with Gasteiger partial charge >= 0.3 is 0 Å². The lowest BCUT2D eigenvalue weighted by molar-refractivity contribution is 0.323. The molecule has 0 amide bonds. The Balaban J connectivity index is 1.61. The number of aromatic amines is 1. The number of likely N-dealkylation sites (tertiary alicyclic amines) is 1. The number of halogens is 2. The second-order valence-corrected chi connectivity index (χ2v) is 10.3. The van der Waals surface area contributed by atoms with Crippen molar-refractivity contribution < 1.29 is 8.78 Å². The van der Waals surface area contributed by atoms with E-state index >= 15 is 0 Å². The molecule has 3 nitrogen and oxygen atoms in total. The molecule has 1 atom stereocenters. The number of hydrogen-bond donors (Lipinski definition) is 1. The molecular weight excluding hydrogens is 430 g/mol. The SMILES string of the molecule is Cc1ccc(/C(=C/[C@H]2CCN(Cc3ccc(F)c(F)c3)C2)c2ccc(C(C)(C)C)cc2)[nH]c1=O. The molecule has 1 saturated heterocycles. The smallest absolute Gasteiger partial charge is 0.251 e. The van der Waals surface area contributed by atoms with E-state index in [0.717, 1.165) is 41.9 Å². The average Bonchev–Trinajstić information content (AvgIpc) is 3.23. The predicted molar refractivity (Wildman–Crippen MR) is 134 cm³/mol. The van der Waals surface area contributed by atoms with Crippen molar-refractivity contribution in [3.8, 4) is 0 Å². The van der Waals surface area contributed by atoms with Gasteiger partial charge in [-0.05, 0) is 66.1 Å². The molecule has 1 aromatic heterocycles. The first-order valence-corrected chi connectivity index (χ1v) is 11.8. The van der Waals surface area contributed by atoms with Crippen LogP contribution in [0.15, 0.2) is 65.5 Å². The zero-order chi connectivity index (χ0) is 24.5. The van der Waals surface area contributed by atoms with Crippen LogP contribution in [0.25, 0.3) is 5.57 Å². The zero-order valence-corrected chi connectivity index (χ0v) is 20.3. The van der Waals surface area contributed by atoms with Crippen molar-refractivity contribution in [2.75, 3.05) is 13.1 Å². The van der Waals surface area contributed by atoms with Gasteiger partial charge in [0, 0.05) is 29.9 Å². The van der Waals surface area contributed by atoms with Gasteiger partial charge in [0.2, 0.25) is 0 Å². The van der Waals surface area contributed by atoms with Gasteiger partial charge in [0.05, 0.1) is 0 Å². The summed E-state index contributed by atoms with van der Waals surface area (Å²) >= 11 is 0. The summed E-state index contributed by atoms with van der Waals surface area (Å²) in [5, 5.41) is 0. The molecule has 5 heteroatoms. The summed E-state index contributed by atoms with van der Waals surface area (Å²) in [6.45, 7) is 10.7. The number of aryl methyl sites for hydroxylation is 1. The quantitative estimate of drug-likeness (QED) is 0.489. The third-order valence-corrected chi connectivity index (χ3v) is 6.56. The van der Waals surface area contributed by atoms with E-state index < -0.39 is 11.6 Å². The highest BCUT2D eigenvalue weighted by Crippen LogP contribution is 2.30. The molecule has 0 saturated carbocycles. The Bertz CT molecular complexity index is 1250. The van der Waals surface area contributed by atoms with Gasteiger partial charge in [-0.25, -0.2) is 8.78 Å². The summed E-state index contributed by atoms with van der Waals surface area (Å²) in [7, 11) is 0. The zero-order valence-electron chi connectivity index (χ0n) is 20.3. The summed E-state index contributed by atoms with van der Waals surface area (Å²) in [5.41, 5.74) is 5.57. The minimum Gasteiger partial charge on any atom is -0.322 e. The Kier molecular flexibility index (Phi) is 6.85. The van der Waals surface area contributed by atoms with Gasteiger partial charge in [-0.15, -0.1) is 0 Å². The number of benzene rings is 2. The first-order valence-electron chi connectivity index (χ1n) is 11.8. The van der Waals surface area contributed by atoms with Crippen LogP contribution >= 0.6 is 0 Å². The van der Waals surface area contributed by atoms with E-state index in [2.05, 4.69) is 61.0 Å². The maximum absolute atomic E-state index is 13.6. The number of pyridine rings is 1. The summed E-state index contributed by atoms with van der Waals surface area (Å²) < 4.78 is 26.9.